The van der Waals surface area contributed by atoms with Crippen molar-refractivity contribution >= 4 is 5.57 Å². The van der Waals surface area contributed by atoms with E-state index in [-0.39, 0.29) is 0 Å². The van der Waals surface area contributed by atoms with Crippen molar-refractivity contribution in [1.82, 2.24) is 0 Å². The van der Waals surface area contributed by atoms with Crippen molar-refractivity contribution in [3.8, 4) is 0 Å². The summed E-state index contributed by atoms with van der Waals surface area (Å²) in [6.45, 7) is 2.30. The Balaban J connectivity index is 1.12. The normalized spacial score (nSPS) is 33.5. The van der Waals surface area contributed by atoms with E-state index in [1.807, 2.05) is 30.3 Å². The highest BCUT2D eigenvalue weighted by Crippen LogP contribution is 2.41. The second-order valence-corrected chi connectivity index (χ2v) is 12.0. The summed E-state index contributed by atoms with van der Waals surface area (Å²) in [5.41, 5.74) is -0.103. The minimum atomic E-state index is -1.84. The molecule has 3 aliphatic carbocycles. The minimum absolute atomic E-state index is 0.306. The van der Waals surface area contributed by atoms with Crippen LogP contribution in [0.1, 0.15) is 115 Å². The monoisotopic (exact) mass is 482 g/mol. The van der Waals surface area contributed by atoms with Gasteiger partial charge >= 0.3 is 0 Å². The Hall–Kier alpha value is -1.44. The molecule has 0 aromatic heterocycles. The fourth-order valence-corrected chi connectivity index (χ4v) is 6.91. The van der Waals surface area contributed by atoms with Crippen LogP contribution in [-0.2, 0) is 0 Å². The number of unbranched alkanes of at least 4 members (excludes halogenated alkanes) is 2. The van der Waals surface area contributed by atoms with Crippen LogP contribution in [0.3, 0.4) is 0 Å². The number of hydrogen-bond acceptors (Lipinski definition) is 0. The smallest absolute Gasteiger partial charge is 0.164 e. The van der Waals surface area contributed by atoms with Gasteiger partial charge in [-0.05, 0) is 59.8 Å². The largest absolute Gasteiger partial charge is 0.239 e. The molecule has 0 saturated heterocycles. The molecule has 0 bridgehead atoms. The topological polar surface area (TPSA) is 0 Å². The lowest BCUT2D eigenvalue weighted by Crippen LogP contribution is -2.34. The number of rotatable bonds is 11. The van der Waals surface area contributed by atoms with E-state index >= 15 is 4.39 Å². The molecular weight excluding hydrogens is 434 g/mol. The molecule has 2 fully saturated rings. The Labute approximate surface area is 213 Å². The van der Waals surface area contributed by atoms with Crippen LogP contribution in [0.15, 0.2) is 48.6 Å². The molecule has 2 atom stereocenters. The van der Waals surface area contributed by atoms with Crippen LogP contribution in [0.25, 0.3) is 5.57 Å². The van der Waals surface area contributed by atoms with Crippen molar-refractivity contribution in [3.63, 3.8) is 0 Å². The Morgan fingerprint density at radius 1 is 0.743 bits per heavy atom. The predicted octanol–water partition coefficient (Wildman–Crippen LogP) is 10.4. The van der Waals surface area contributed by atoms with Crippen LogP contribution in [0.5, 0.6) is 0 Å². The highest BCUT2D eigenvalue weighted by atomic mass is 19.2. The lowest BCUT2D eigenvalue weighted by Gasteiger charge is -2.33. The average Bonchev–Trinajstić information content (AvgIpc) is 2.90. The van der Waals surface area contributed by atoms with E-state index in [2.05, 4.69) is 6.92 Å². The molecule has 1 aromatic rings. The molecule has 0 spiro atoms. The molecule has 0 aliphatic heterocycles. The number of allylic oxidation sites excluding steroid dienone is 4. The molecule has 0 nitrogen and oxygen atoms in total. The second-order valence-electron chi connectivity index (χ2n) is 12.0. The fourth-order valence-electron chi connectivity index (χ4n) is 6.91. The van der Waals surface area contributed by atoms with Gasteiger partial charge in [-0.3, -0.25) is 0 Å². The molecule has 4 rings (SSSR count). The third kappa shape index (κ3) is 7.77. The van der Waals surface area contributed by atoms with Crippen molar-refractivity contribution in [3.05, 3.63) is 54.1 Å². The van der Waals surface area contributed by atoms with E-state index in [9.17, 15) is 4.39 Å². The first-order valence-corrected chi connectivity index (χ1v) is 14.8. The Morgan fingerprint density at radius 3 is 1.83 bits per heavy atom. The maximum absolute atomic E-state index is 15.4. The molecular formula is C33H48F2. The van der Waals surface area contributed by atoms with Crippen molar-refractivity contribution in [2.75, 3.05) is 0 Å². The van der Waals surface area contributed by atoms with E-state index in [1.54, 1.807) is 6.08 Å². The zero-order valence-corrected chi connectivity index (χ0v) is 22.1. The molecule has 2 heteroatoms. The minimum Gasteiger partial charge on any atom is -0.239 e. The van der Waals surface area contributed by atoms with Crippen LogP contribution >= 0.6 is 0 Å². The van der Waals surface area contributed by atoms with Crippen molar-refractivity contribution in [2.24, 2.45) is 23.7 Å². The van der Waals surface area contributed by atoms with Crippen molar-refractivity contribution < 1.29 is 8.78 Å². The summed E-state index contributed by atoms with van der Waals surface area (Å²) in [6, 6.07) is 9.71. The quantitative estimate of drug-likeness (QED) is 0.275. The standard InChI is InChI=1S/C33H48F2/c1-2-3-5-8-26-11-13-27(14-12-26)15-16-28-17-19-29(20-18-28)21-23-33(35)24-22-31(25-32(33)34)30-9-6-4-7-10-30/h4,6-7,9-10,22,24-29,32H,2-3,5,8,11-21,23H2,1H3/t26-,27-,28-,29-,32?,33?. The van der Waals surface area contributed by atoms with Gasteiger partial charge in [0.25, 0.3) is 0 Å². The van der Waals surface area contributed by atoms with Gasteiger partial charge in [0.1, 0.15) is 0 Å². The number of benzene rings is 1. The summed E-state index contributed by atoms with van der Waals surface area (Å²) >= 11 is 0. The van der Waals surface area contributed by atoms with Crippen LogP contribution in [0.2, 0.25) is 0 Å². The summed E-state index contributed by atoms with van der Waals surface area (Å²) in [7, 11) is 0. The van der Waals surface area contributed by atoms with Gasteiger partial charge in [0.2, 0.25) is 0 Å². The van der Waals surface area contributed by atoms with Gasteiger partial charge in [0.15, 0.2) is 11.8 Å². The SMILES string of the molecule is CCCCC[C@H]1CC[C@H](CC[C@H]2CC[C@H](CCC3(F)C=CC(c4ccccc4)=CC3F)CC2)CC1. The van der Waals surface area contributed by atoms with Crippen molar-refractivity contribution in [1.29, 1.82) is 0 Å². The van der Waals surface area contributed by atoms with Crippen LogP contribution < -0.4 is 0 Å². The summed E-state index contributed by atoms with van der Waals surface area (Å²) in [6.07, 6.45) is 23.6. The van der Waals surface area contributed by atoms with Crippen LogP contribution in [-0.4, -0.2) is 11.8 Å². The zero-order valence-electron chi connectivity index (χ0n) is 22.1. The Kier molecular flexibility index (Phi) is 10.0. The molecule has 2 unspecified atom stereocenters. The van der Waals surface area contributed by atoms with Crippen molar-refractivity contribution in [2.45, 2.75) is 121 Å². The molecule has 0 heterocycles. The molecule has 1 aromatic carbocycles. The maximum atomic E-state index is 15.4. The van der Waals surface area contributed by atoms with Gasteiger partial charge in [0.05, 0.1) is 0 Å². The number of hydrogen-bond donors (Lipinski definition) is 0. The maximum Gasteiger partial charge on any atom is 0.164 e. The molecule has 0 amide bonds. The fraction of sp³-hybridized carbons (Fsp3) is 0.697. The number of alkyl halides is 2. The molecule has 194 valence electrons. The predicted molar refractivity (Wildman–Crippen MR) is 146 cm³/mol. The van der Waals surface area contributed by atoms with E-state index in [0.717, 1.165) is 35.3 Å². The van der Waals surface area contributed by atoms with Gasteiger partial charge in [-0.15, -0.1) is 0 Å². The van der Waals surface area contributed by atoms with E-state index < -0.39 is 11.8 Å². The molecule has 2 saturated carbocycles. The first kappa shape index (κ1) is 26.6. The first-order chi connectivity index (χ1) is 17.1. The van der Waals surface area contributed by atoms with Gasteiger partial charge < -0.3 is 0 Å². The number of halogens is 2. The van der Waals surface area contributed by atoms with Crippen LogP contribution in [0, 0.1) is 23.7 Å². The summed E-state index contributed by atoms with van der Waals surface area (Å²) in [5.74, 6) is 3.41. The summed E-state index contributed by atoms with van der Waals surface area (Å²) in [5, 5.41) is 0. The van der Waals surface area contributed by atoms with Gasteiger partial charge in [-0.1, -0.05) is 133 Å². The Morgan fingerprint density at radius 2 is 1.29 bits per heavy atom. The second kappa shape index (κ2) is 13.2. The zero-order chi connectivity index (χ0) is 24.5. The van der Waals surface area contributed by atoms with E-state index in [0.29, 0.717) is 12.3 Å². The summed E-state index contributed by atoms with van der Waals surface area (Å²) in [4.78, 5) is 0. The lowest BCUT2D eigenvalue weighted by atomic mass is 9.73. The third-order valence-corrected chi connectivity index (χ3v) is 9.50. The Bertz CT molecular complexity index is 796. The van der Waals surface area contributed by atoms with Gasteiger partial charge in [-0.2, -0.15) is 0 Å². The average molecular weight is 483 g/mol. The van der Waals surface area contributed by atoms with E-state index in [4.69, 9.17) is 0 Å². The molecule has 35 heavy (non-hydrogen) atoms. The summed E-state index contributed by atoms with van der Waals surface area (Å²) < 4.78 is 30.3. The third-order valence-electron chi connectivity index (χ3n) is 9.50. The molecule has 3 aliphatic rings. The lowest BCUT2D eigenvalue weighted by molar-refractivity contribution is 0.101. The molecule has 0 radical (unpaired) electrons. The highest BCUT2D eigenvalue weighted by molar-refractivity contribution is 5.76. The van der Waals surface area contributed by atoms with Gasteiger partial charge in [0, 0.05) is 0 Å². The van der Waals surface area contributed by atoms with E-state index in [1.165, 1.54) is 102 Å². The van der Waals surface area contributed by atoms with Crippen LogP contribution in [0.4, 0.5) is 8.78 Å². The highest BCUT2D eigenvalue weighted by Gasteiger charge is 2.39. The van der Waals surface area contributed by atoms with Gasteiger partial charge in [-0.25, -0.2) is 8.78 Å². The first-order valence-electron chi connectivity index (χ1n) is 14.8. The molecule has 0 N–H and O–H groups in total.